The minimum atomic E-state index is 0.108. The first-order chi connectivity index (χ1) is 9.15. The van der Waals surface area contributed by atoms with E-state index in [0.717, 1.165) is 44.5 Å². The largest absolute Gasteiger partial charge is 0.335 e. The van der Waals surface area contributed by atoms with E-state index < -0.39 is 0 Å². The van der Waals surface area contributed by atoms with Crippen molar-refractivity contribution in [2.24, 2.45) is 0 Å². The Hall–Kier alpha value is -0.580. The predicted molar refractivity (Wildman–Crippen MR) is 81.3 cm³/mol. The summed E-state index contributed by atoms with van der Waals surface area (Å²) in [6.45, 7) is 6.87. The molecule has 2 rings (SSSR count). The summed E-state index contributed by atoms with van der Waals surface area (Å²) in [6.07, 6.45) is 3.05. The minimum Gasteiger partial charge on any atom is -0.335 e. The number of nitrogens with zero attached hydrogens (tertiary/aromatic N) is 1. The smallest absolute Gasteiger partial charge is 0.265 e. The number of aryl methyl sites for hydroxylation is 1. The monoisotopic (exact) mass is 300 g/mol. The number of carbonyl (C=O) groups excluding carboxylic acids is 1. The highest BCUT2D eigenvalue weighted by atomic mass is 35.5. The fraction of sp³-hybridized carbons (Fsp3) is 0.643. The number of hydrogen-bond acceptors (Lipinski definition) is 3. The van der Waals surface area contributed by atoms with Gasteiger partial charge in [0.2, 0.25) is 0 Å². The quantitative estimate of drug-likeness (QED) is 0.925. The molecule has 0 atom stereocenters. The SMILES string of the molecule is CCCN(C(=O)c1scc(C)c1Cl)C1CCNCC1. The van der Waals surface area contributed by atoms with Crippen LogP contribution in [0.1, 0.15) is 41.4 Å². The van der Waals surface area contributed by atoms with E-state index in [2.05, 4.69) is 12.2 Å². The molecule has 0 unspecified atom stereocenters. The zero-order valence-electron chi connectivity index (χ0n) is 11.5. The second-order valence-corrected chi connectivity index (χ2v) is 6.30. The van der Waals surface area contributed by atoms with Gasteiger partial charge in [-0.05, 0) is 50.2 Å². The third-order valence-electron chi connectivity index (χ3n) is 3.57. The van der Waals surface area contributed by atoms with Crippen LogP contribution >= 0.6 is 22.9 Å². The fourth-order valence-electron chi connectivity index (χ4n) is 2.51. The van der Waals surface area contributed by atoms with Crippen molar-refractivity contribution in [1.29, 1.82) is 0 Å². The summed E-state index contributed by atoms with van der Waals surface area (Å²) >= 11 is 7.70. The summed E-state index contributed by atoms with van der Waals surface area (Å²) in [5.41, 5.74) is 0.997. The first-order valence-electron chi connectivity index (χ1n) is 6.90. The molecular weight excluding hydrogens is 280 g/mol. The van der Waals surface area contributed by atoms with Crippen LogP contribution in [0, 0.1) is 6.92 Å². The maximum Gasteiger partial charge on any atom is 0.265 e. The number of amides is 1. The molecule has 3 nitrogen and oxygen atoms in total. The van der Waals surface area contributed by atoms with Crippen molar-refractivity contribution in [3.8, 4) is 0 Å². The Balaban J connectivity index is 2.18. The summed E-state index contributed by atoms with van der Waals surface area (Å²) in [6, 6.07) is 0.354. The number of hydrogen-bond donors (Lipinski definition) is 1. The van der Waals surface area contributed by atoms with Crippen LogP contribution in [0.3, 0.4) is 0 Å². The molecular formula is C14H21ClN2OS. The van der Waals surface area contributed by atoms with E-state index in [0.29, 0.717) is 15.9 Å². The van der Waals surface area contributed by atoms with E-state index in [4.69, 9.17) is 11.6 Å². The van der Waals surface area contributed by atoms with Crippen LogP contribution < -0.4 is 5.32 Å². The zero-order valence-corrected chi connectivity index (χ0v) is 13.1. The van der Waals surface area contributed by atoms with Gasteiger partial charge in [0.15, 0.2) is 0 Å². The number of carbonyl (C=O) groups is 1. The van der Waals surface area contributed by atoms with Crippen LogP contribution in [0.15, 0.2) is 5.38 Å². The van der Waals surface area contributed by atoms with Crippen molar-refractivity contribution in [3.63, 3.8) is 0 Å². The Labute approximate surface area is 123 Å². The molecule has 0 saturated carbocycles. The Morgan fingerprint density at radius 1 is 1.53 bits per heavy atom. The van der Waals surface area contributed by atoms with E-state index in [1.54, 1.807) is 0 Å². The standard InChI is InChI=1S/C14H21ClN2OS/c1-3-8-17(11-4-6-16-7-5-11)14(18)13-12(15)10(2)9-19-13/h9,11,16H,3-8H2,1-2H3. The lowest BCUT2D eigenvalue weighted by Gasteiger charge is -2.34. The van der Waals surface area contributed by atoms with Crippen molar-refractivity contribution in [1.82, 2.24) is 10.2 Å². The maximum atomic E-state index is 12.7. The first kappa shape index (κ1) is 14.8. The second kappa shape index (κ2) is 6.73. The average Bonchev–Trinajstić information content (AvgIpc) is 2.77. The predicted octanol–water partition coefficient (Wildman–Crippen LogP) is 3.31. The number of halogens is 1. The molecule has 0 aliphatic carbocycles. The molecule has 0 bridgehead atoms. The topological polar surface area (TPSA) is 32.3 Å². The average molecular weight is 301 g/mol. The van der Waals surface area contributed by atoms with Gasteiger partial charge in [-0.25, -0.2) is 0 Å². The fourth-order valence-corrected chi connectivity index (χ4v) is 3.74. The van der Waals surface area contributed by atoms with Gasteiger partial charge in [0.25, 0.3) is 5.91 Å². The molecule has 2 heterocycles. The number of thiophene rings is 1. The van der Waals surface area contributed by atoms with E-state index >= 15 is 0 Å². The summed E-state index contributed by atoms with van der Waals surface area (Å²) in [4.78, 5) is 15.4. The van der Waals surface area contributed by atoms with Crippen LogP contribution in [-0.4, -0.2) is 36.5 Å². The lowest BCUT2D eigenvalue weighted by Crippen LogP contribution is -2.46. The molecule has 1 amide bonds. The van der Waals surface area contributed by atoms with Gasteiger partial charge < -0.3 is 10.2 Å². The van der Waals surface area contributed by atoms with Crippen LogP contribution in [-0.2, 0) is 0 Å². The van der Waals surface area contributed by atoms with Crippen molar-refractivity contribution in [3.05, 3.63) is 20.8 Å². The van der Waals surface area contributed by atoms with Crippen molar-refractivity contribution in [2.45, 2.75) is 39.2 Å². The van der Waals surface area contributed by atoms with Crippen molar-refractivity contribution >= 4 is 28.8 Å². The van der Waals surface area contributed by atoms with Crippen LogP contribution in [0.25, 0.3) is 0 Å². The zero-order chi connectivity index (χ0) is 13.8. The van der Waals surface area contributed by atoms with Gasteiger partial charge in [0.1, 0.15) is 4.88 Å². The molecule has 1 saturated heterocycles. The van der Waals surface area contributed by atoms with E-state index in [9.17, 15) is 4.79 Å². The molecule has 1 N–H and O–H groups in total. The van der Waals surface area contributed by atoms with Gasteiger partial charge in [-0.1, -0.05) is 18.5 Å². The Kier molecular flexibility index (Phi) is 5.25. The highest BCUT2D eigenvalue weighted by molar-refractivity contribution is 7.13. The third-order valence-corrected chi connectivity index (χ3v) is 5.25. The Morgan fingerprint density at radius 3 is 2.74 bits per heavy atom. The molecule has 1 fully saturated rings. The normalized spacial score (nSPS) is 16.6. The molecule has 1 aliphatic rings. The Morgan fingerprint density at radius 2 is 2.21 bits per heavy atom. The Bertz CT molecular complexity index is 441. The maximum absolute atomic E-state index is 12.7. The lowest BCUT2D eigenvalue weighted by atomic mass is 10.0. The van der Waals surface area contributed by atoms with E-state index in [-0.39, 0.29) is 5.91 Å². The van der Waals surface area contributed by atoms with Gasteiger partial charge in [-0.15, -0.1) is 11.3 Å². The molecule has 5 heteroatoms. The van der Waals surface area contributed by atoms with Crippen molar-refractivity contribution < 1.29 is 4.79 Å². The molecule has 0 spiro atoms. The molecule has 1 aromatic heterocycles. The van der Waals surface area contributed by atoms with Gasteiger partial charge in [-0.2, -0.15) is 0 Å². The first-order valence-corrected chi connectivity index (χ1v) is 8.16. The van der Waals surface area contributed by atoms with E-state index in [1.807, 2.05) is 17.2 Å². The molecule has 1 aromatic rings. The van der Waals surface area contributed by atoms with Crippen LogP contribution in [0.5, 0.6) is 0 Å². The summed E-state index contributed by atoms with van der Waals surface area (Å²) in [5, 5.41) is 5.93. The lowest BCUT2D eigenvalue weighted by molar-refractivity contribution is 0.0648. The highest BCUT2D eigenvalue weighted by Gasteiger charge is 2.27. The summed E-state index contributed by atoms with van der Waals surface area (Å²) in [5.74, 6) is 0.108. The van der Waals surface area contributed by atoms with Gasteiger partial charge in [0.05, 0.1) is 5.02 Å². The van der Waals surface area contributed by atoms with Gasteiger partial charge >= 0.3 is 0 Å². The summed E-state index contributed by atoms with van der Waals surface area (Å²) in [7, 11) is 0. The van der Waals surface area contributed by atoms with Crippen LogP contribution in [0.4, 0.5) is 0 Å². The van der Waals surface area contributed by atoms with Gasteiger partial charge in [-0.3, -0.25) is 4.79 Å². The number of piperidine rings is 1. The minimum absolute atomic E-state index is 0.108. The molecule has 1 aliphatic heterocycles. The number of rotatable bonds is 4. The molecule has 0 radical (unpaired) electrons. The van der Waals surface area contributed by atoms with Crippen LogP contribution in [0.2, 0.25) is 5.02 Å². The summed E-state index contributed by atoms with van der Waals surface area (Å²) < 4.78 is 0. The van der Waals surface area contributed by atoms with Crippen molar-refractivity contribution in [2.75, 3.05) is 19.6 Å². The third kappa shape index (κ3) is 3.30. The highest BCUT2D eigenvalue weighted by Crippen LogP contribution is 2.29. The number of nitrogens with one attached hydrogen (secondary N) is 1. The second-order valence-electron chi connectivity index (χ2n) is 5.04. The van der Waals surface area contributed by atoms with E-state index in [1.165, 1.54) is 11.3 Å². The molecule has 0 aromatic carbocycles. The molecule has 106 valence electrons. The van der Waals surface area contributed by atoms with Gasteiger partial charge in [0, 0.05) is 12.6 Å². The molecule has 19 heavy (non-hydrogen) atoms.